The summed E-state index contributed by atoms with van der Waals surface area (Å²) < 4.78 is 18.7. The number of anilines is 2. The van der Waals surface area contributed by atoms with Crippen LogP contribution in [0.4, 0.5) is 11.9 Å². The lowest BCUT2D eigenvalue weighted by atomic mass is 9.96. The molecule has 6 amide bonds. The lowest BCUT2D eigenvalue weighted by Crippen LogP contribution is -2.51. The standard InChI is InChI=1S/C50H58N14O11S/c1-6-63-35(16-27(3)57-63)45(69)55-49-53-33-18-30(25-65)19-38(75-15-11-29-23-59(24-29)40(66)10-14-60-41(67)22-39(47(60)71)76-26-32(51)48(72)73)43(33)62(49)13-9-8-12-61-42-34(20-31(44(52)68)21-37(42)74-5)54-50(61)56-46(70)36-17-28(4)58-64(36)7-2/h8-9,16-21,25,29,32,39H,6-7,10-15,22-24,26,51H2,1-5H3,(H2,52,68)(H,72,73)(H,53,55,69)(H,54,56,70)/b9-8+. The number of ether oxygens (including phenoxy) is 2. The fraction of sp³-hybridized carbons (Fsp3) is 0.400. The van der Waals surface area contributed by atoms with Gasteiger partial charge in [0.25, 0.3) is 11.8 Å². The van der Waals surface area contributed by atoms with Crippen LogP contribution < -0.4 is 31.6 Å². The van der Waals surface area contributed by atoms with Gasteiger partial charge >= 0.3 is 5.97 Å². The molecule has 2 aliphatic heterocycles. The molecule has 25 nitrogen and oxygen atoms in total. The van der Waals surface area contributed by atoms with Crippen LogP contribution in [-0.4, -0.2) is 152 Å². The van der Waals surface area contributed by atoms with Crippen LogP contribution in [0.15, 0.2) is 48.6 Å². The Morgan fingerprint density at radius 3 is 1.97 bits per heavy atom. The number of aromatic nitrogens is 8. The van der Waals surface area contributed by atoms with Gasteiger partial charge in [-0.05, 0) is 76.4 Å². The van der Waals surface area contributed by atoms with Gasteiger partial charge in [0.2, 0.25) is 35.5 Å². The summed E-state index contributed by atoms with van der Waals surface area (Å²) in [5.74, 6) is -3.04. The van der Waals surface area contributed by atoms with Crippen molar-refractivity contribution in [3.63, 3.8) is 0 Å². The third-order valence-electron chi connectivity index (χ3n) is 13.0. The minimum Gasteiger partial charge on any atom is -0.494 e. The number of carboxylic acid groups (broad SMARTS) is 1. The number of rotatable bonds is 24. The topological polar surface area (TPSA) is 329 Å². The summed E-state index contributed by atoms with van der Waals surface area (Å²) in [6.07, 6.45) is 4.68. The van der Waals surface area contributed by atoms with Crippen LogP contribution in [-0.2, 0) is 45.4 Å². The number of carboxylic acids is 1. The second-order valence-electron chi connectivity index (χ2n) is 18.3. The van der Waals surface area contributed by atoms with Crippen molar-refractivity contribution in [1.29, 1.82) is 0 Å². The first kappa shape index (κ1) is 53.9. The van der Waals surface area contributed by atoms with Gasteiger partial charge in [-0.15, -0.1) is 11.8 Å². The summed E-state index contributed by atoms with van der Waals surface area (Å²) >= 11 is 1.02. The number of carbonyl (C=O) groups is 8. The average Bonchev–Trinajstić information content (AvgIpc) is 4.19. The number of aliphatic carboxylic acids is 1. The fourth-order valence-corrected chi connectivity index (χ4v) is 10.2. The highest BCUT2D eigenvalue weighted by Crippen LogP contribution is 2.34. The van der Waals surface area contributed by atoms with Crippen LogP contribution in [0.3, 0.4) is 0 Å². The number of nitrogens with zero attached hydrogens (tertiary/aromatic N) is 10. The number of carbonyl (C=O) groups excluding carboxylic acids is 7. The minimum atomic E-state index is -1.20. The molecule has 2 atom stereocenters. The third kappa shape index (κ3) is 11.5. The number of imide groups is 1. The number of thioether (sulfide) groups is 1. The number of primary amides is 1. The number of methoxy groups -OCH3 is 1. The van der Waals surface area contributed by atoms with Gasteiger partial charge in [-0.2, -0.15) is 10.2 Å². The zero-order valence-corrected chi connectivity index (χ0v) is 43.3. The van der Waals surface area contributed by atoms with E-state index in [2.05, 4.69) is 20.8 Å². The molecule has 6 aromatic rings. The number of hydrogen-bond acceptors (Lipinski definition) is 16. The first-order valence-electron chi connectivity index (χ1n) is 24.5. The predicted molar refractivity (Wildman–Crippen MR) is 278 cm³/mol. The van der Waals surface area contributed by atoms with Crippen molar-refractivity contribution < 1.29 is 52.9 Å². The van der Waals surface area contributed by atoms with E-state index in [-0.39, 0.29) is 85.4 Å². The van der Waals surface area contributed by atoms with Gasteiger partial charge in [-0.25, -0.2) is 9.97 Å². The van der Waals surface area contributed by atoms with Crippen molar-refractivity contribution in [3.05, 3.63) is 82.5 Å². The van der Waals surface area contributed by atoms with Gasteiger partial charge < -0.3 is 40.1 Å². The summed E-state index contributed by atoms with van der Waals surface area (Å²) in [6.45, 7) is 9.34. The molecule has 0 bridgehead atoms. The summed E-state index contributed by atoms with van der Waals surface area (Å²) in [4.78, 5) is 114. The van der Waals surface area contributed by atoms with E-state index in [0.717, 1.165) is 16.7 Å². The Morgan fingerprint density at radius 1 is 0.855 bits per heavy atom. The maximum Gasteiger partial charge on any atom is 0.321 e. The number of allylic oxidation sites excluding steroid dienone is 2. The van der Waals surface area contributed by atoms with E-state index in [9.17, 15) is 38.4 Å². The highest BCUT2D eigenvalue weighted by atomic mass is 32.2. The van der Waals surface area contributed by atoms with Gasteiger partial charge in [0.15, 0.2) is 0 Å². The van der Waals surface area contributed by atoms with E-state index in [0.29, 0.717) is 89.5 Å². The van der Waals surface area contributed by atoms with Crippen LogP contribution in [0.5, 0.6) is 11.5 Å². The maximum absolute atomic E-state index is 13.9. The smallest absolute Gasteiger partial charge is 0.321 e. The Balaban J connectivity index is 1.01. The maximum atomic E-state index is 13.9. The number of aldehydes is 1. The lowest BCUT2D eigenvalue weighted by Gasteiger charge is -2.39. The van der Waals surface area contributed by atoms with Crippen molar-refractivity contribution in [2.45, 2.75) is 84.4 Å². The van der Waals surface area contributed by atoms with E-state index in [4.69, 9.17) is 36.0 Å². The minimum absolute atomic E-state index is 0.0313. The van der Waals surface area contributed by atoms with Gasteiger partial charge in [0.1, 0.15) is 46.2 Å². The largest absolute Gasteiger partial charge is 0.494 e. The van der Waals surface area contributed by atoms with Crippen molar-refractivity contribution in [2.75, 3.05) is 49.7 Å². The Hall–Kier alpha value is -8.39. The molecule has 6 heterocycles. The van der Waals surface area contributed by atoms with Crippen molar-refractivity contribution >= 4 is 93.4 Å². The molecule has 0 radical (unpaired) electrons. The summed E-state index contributed by atoms with van der Waals surface area (Å²) in [7, 11) is 1.44. The van der Waals surface area contributed by atoms with Crippen LogP contribution in [0.1, 0.15) is 86.2 Å². The molecule has 0 saturated carbocycles. The average molecular weight is 1060 g/mol. The van der Waals surface area contributed by atoms with Crippen molar-refractivity contribution in [2.24, 2.45) is 17.4 Å². The molecule has 2 fully saturated rings. The van der Waals surface area contributed by atoms with Gasteiger partial charge in [0.05, 0.1) is 41.4 Å². The monoisotopic (exact) mass is 1060 g/mol. The first-order valence-corrected chi connectivity index (χ1v) is 25.5. The number of nitrogens with one attached hydrogen (secondary N) is 2. The molecule has 2 unspecified atom stereocenters. The second-order valence-corrected chi connectivity index (χ2v) is 19.5. The van der Waals surface area contributed by atoms with Crippen molar-refractivity contribution in [1.82, 2.24) is 48.5 Å². The molecule has 7 N–H and O–H groups in total. The summed E-state index contributed by atoms with van der Waals surface area (Å²) in [5.41, 5.74) is 15.2. The third-order valence-corrected chi connectivity index (χ3v) is 14.3. The van der Waals surface area contributed by atoms with E-state index in [1.165, 1.54) is 19.2 Å². The Labute approximate surface area is 438 Å². The Morgan fingerprint density at radius 2 is 1.43 bits per heavy atom. The van der Waals surface area contributed by atoms with Gasteiger partial charge in [-0.3, -0.25) is 63.3 Å². The summed E-state index contributed by atoms with van der Waals surface area (Å²) in [5, 5.41) is 23.0. The molecule has 400 valence electrons. The van der Waals surface area contributed by atoms with Gasteiger partial charge in [-0.1, -0.05) is 12.2 Å². The van der Waals surface area contributed by atoms with Crippen LogP contribution in [0.2, 0.25) is 0 Å². The SMILES string of the molecule is CCn1nc(C)cc1C(=O)Nc1nc2cc(C(N)=O)cc(OC)c2n1C/C=C/Cn1c(NC(=O)c2cc(C)nn2CC)nc2cc(C=O)cc(OCCC3CN(C(=O)CCN4C(=O)CC(SCC(N)C(=O)O)C4=O)C3)c21. The van der Waals surface area contributed by atoms with E-state index in [1.54, 1.807) is 61.5 Å². The predicted octanol–water partition coefficient (Wildman–Crippen LogP) is 3.01. The normalized spacial score (nSPS) is 15.2. The number of fused-ring (bicyclic) bond motifs is 2. The molecule has 0 aliphatic carbocycles. The quantitative estimate of drug-likeness (QED) is 0.0330. The number of imidazole rings is 2. The molecule has 8 rings (SSSR count). The fourth-order valence-electron chi connectivity index (χ4n) is 9.10. The molecule has 76 heavy (non-hydrogen) atoms. The van der Waals surface area contributed by atoms with Crippen LogP contribution in [0.25, 0.3) is 22.1 Å². The first-order chi connectivity index (χ1) is 36.4. The molecule has 2 saturated heterocycles. The van der Waals surface area contributed by atoms with Gasteiger partial charge in [0, 0.05) is 75.5 Å². The van der Waals surface area contributed by atoms with E-state index >= 15 is 0 Å². The Bertz CT molecular complexity index is 3310. The molecule has 26 heteroatoms. The van der Waals surface area contributed by atoms with E-state index < -0.39 is 46.8 Å². The molecule has 2 aromatic carbocycles. The number of benzene rings is 2. The summed E-state index contributed by atoms with van der Waals surface area (Å²) in [6, 6.07) is 8.34. The molecular weight excluding hydrogens is 1000 g/mol. The molecule has 0 spiro atoms. The Kier molecular flexibility index (Phi) is 16.3. The highest BCUT2D eigenvalue weighted by Gasteiger charge is 2.40. The second kappa shape index (κ2) is 23.0. The molecular formula is C50H58N14O11S. The zero-order chi connectivity index (χ0) is 54.5. The lowest BCUT2D eigenvalue weighted by molar-refractivity contribution is -0.142. The zero-order valence-electron chi connectivity index (χ0n) is 42.5. The number of hydrogen-bond donors (Lipinski definition) is 5. The molecule has 4 aromatic heterocycles. The number of amides is 6. The van der Waals surface area contributed by atoms with Crippen molar-refractivity contribution in [3.8, 4) is 11.5 Å². The highest BCUT2D eigenvalue weighted by molar-refractivity contribution is 8.00. The number of likely N-dealkylation sites (tertiary alicyclic amines) is 2. The number of aryl methyl sites for hydroxylation is 4. The van der Waals surface area contributed by atoms with Crippen LogP contribution in [0, 0.1) is 19.8 Å². The van der Waals surface area contributed by atoms with Crippen LogP contribution >= 0.6 is 11.8 Å². The number of nitrogens with two attached hydrogens (primary N) is 2. The molecule has 2 aliphatic rings. The van der Waals surface area contributed by atoms with E-state index in [1.807, 2.05) is 26.0 Å².